The highest BCUT2D eigenvalue weighted by molar-refractivity contribution is 14.0. The lowest BCUT2D eigenvalue weighted by Gasteiger charge is -2.32. The van der Waals surface area contributed by atoms with Gasteiger partial charge in [0, 0.05) is 34.2 Å². The molecule has 0 spiro atoms. The minimum Gasteiger partial charge on any atom is -0.444 e. The Balaban J connectivity index is 0.00000841. The molecule has 30 heavy (non-hydrogen) atoms. The van der Waals surface area contributed by atoms with E-state index in [2.05, 4.69) is 20.9 Å². The summed E-state index contributed by atoms with van der Waals surface area (Å²) >= 11 is 0. The summed E-state index contributed by atoms with van der Waals surface area (Å²) in [5.74, 6) is 1.01. The van der Waals surface area contributed by atoms with Gasteiger partial charge in [-0.2, -0.15) is 0 Å². The van der Waals surface area contributed by atoms with Crippen LogP contribution in [0.15, 0.2) is 4.99 Å². The molecule has 1 saturated carbocycles. The molecule has 0 aromatic carbocycles. The number of nitrogens with one attached hydrogen (secondary N) is 3. The molecule has 1 aliphatic carbocycles. The third kappa shape index (κ3) is 9.26. The molecule has 0 aromatic heterocycles. The van der Waals surface area contributed by atoms with Gasteiger partial charge in [0.25, 0.3) is 0 Å². The van der Waals surface area contributed by atoms with Crippen LogP contribution in [0.5, 0.6) is 0 Å². The van der Waals surface area contributed by atoms with Crippen LogP contribution in [0.4, 0.5) is 4.79 Å². The van der Waals surface area contributed by atoms with Crippen LogP contribution in [0, 0.1) is 11.3 Å². The maximum Gasteiger partial charge on any atom is 0.407 e. The van der Waals surface area contributed by atoms with E-state index in [0.717, 1.165) is 25.7 Å². The molecule has 1 rings (SSSR count). The van der Waals surface area contributed by atoms with Gasteiger partial charge in [-0.15, -0.1) is 24.0 Å². The standard InChI is InChI=1S/C21H41N5O3.HI/c1-15(2)16(25-19(28)29-20(3,4)5)13-23-18(22-6)24-14-21(11-9-10-12-21)17(27)26(7)8;/h15-16H,9-14H2,1-8H3,(H,25,28)(H2,22,23,24);1H. The second-order valence-corrected chi connectivity index (χ2v) is 9.49. The first-order chi connectivity index (χ1) is 13.4. The Morgan fingerprint density at radius 3 is 2.13 bits per heavy atom. The van der Waals surface area contributed by atoms with Crippen molar-refractivity contribution < 1.29 is 14.3 Å². The van der Waals surface area contributed by atoms with Gasteiger partial charge in [-0.3, -0.25) is 9.79 Å². The summed E-state index contributed by atoms with van der Waals surface area (Å²) in [6, 6.07) is -0.118. The summed E-state index contributed by atoms with van der Waals surface area (Å²) in [6.07, 6.45) is 3.50. The lowest BCUT2D eigenvalue weighted by Crippen LogP contribution is -2.52. The van der Waals surface area contributed by atoms with E-state index in [9.17, 15) is 9.59 Å². The number of rotatable bonds is 7. The first-order valence-electron chi connectivity index (χ1n) is 10.6. The van der Waals surface area contributed by atoms with E-state index in [1.807, 2.05) is 48.7 Å². The van der Waals surface area contributed by atoms with Gasteiger partial charge in [-0.25, -0.2) is 4.79 Å². The van der Waals surface area contributed by atoms with E-state index < -0.39 is 11.7 Å². The average Bonchev–Trinajstić information content (AvgIpc) is 3.08. The second-order valence-electron chi connectivity index (χ2n) is 9.49. The minimum atomic E-state index is -0.536. The van der Waals surface area contributed by atoms with Gasteiger partial charge in [0.15, 0.2) is 5.96 Å². The Bertz CT molecular complexity index is 582. The molecule has 2 amide bonds. The van der Waals surface area contributed by atoms with Crippen molar-refractivity contribution in [3.8, 4) is 0 Å². The minimum absolute atomic E-state index is 0. The maximum atomic E-state index is 12.7. The highest BCUT2D eigenvalue weighted by Gasteiger charge is 2.42. The van der Waals surface area contributed by atoms with E-state index in [0.29, 0.717) is 19.0 Å². The smallest absolute Gasteiger partial charge is 0.407 e. The number of halogens is 1. The van der Waals surface area contributed by atoms with Gasteiger partial charge < -0.3 is 25.6 Å². The summed E-state index contributed by atoms with van der Waals surface area (Å²) in [7, 11) is 5.33. The highest BCUT2D eigenvalue weighted by Crippen LogP contribution is 2.38. The van der Waals surface area contributed by atoms with E-state index in [4.69, 9.17) is 4.74 Å². The molecule has 0 heterocycles. The summed E-state index contributed by atoms with van der Waals surface area (Å²) in [4.78, 5) is 30.8. The normalized spacial score (nSPS) is 17.0. The molecular weight excluding hydrogens is 497 g/mol. The average molecular weight is 540 g/mol. The molecule has 0 saturated heterocycles. The Labute approximate surface area is 199 Å². The predicted molar refractivity (Wildman–Crippen MR) is 132 cm³/mol. The van der Waals surface area contributed by atoms with Crippen LogP contribution in [-0.2, 0) is 9.53 Å². The first-order valence-corrected chi connectivity index (χ1v) is 10.6. The van der Waals surface area contributed by atoms with E-state index in [1.54, 1.807) is 11.9 Å². The second kappa shape index (κ2) is 12.6. The fraction of sp³-hybridized carbons (Fsp3) is 0.857. The van der Waals surface area contributed by atoms with Crippen molar-refractivity contribution in [2.24, 2.45) is 16.3 Å². The Kier molecular flexibility index (Phi) is 12.0. The topological polar surface area (TPSA) is 95.1 Å². The molecule has 0 bridgehead atoms. The van der Waals surface area contributed by atoms with E-state index >= 15 is 0 Å². The van der Waals surface area contributed by atoms with Crippen LogP contribution in [-0.4, -0.2) is 68.7 Å². The van der Waals surface area contributed by atoms with Crippen molar-refractivity contribution in [1.82, 2.24) is 20.9 Å². The number of amides is 2. The van der Waals surface area contributed by atoms with Crippen LogP contribution in [0.3, 0.4) is 0 Å². The fourth-order valence-corrected chi connectivity index (χ4v) is 3.58. The Hall–Kier alpha value is -1.26. The van der Waals surface area contributed by atoms with Crippen LogP contribution < -0.4 is 16.0 Å². The number of alkyl carbamates (subject to hydrolysis) is 1. The van der Waals surface area contributed by atoms with Crippen molar-refractivity contribution in [3.63, 3.8) is 0 Å². The largest absolute Gasteiger partial charge is 0.444 e. The predicted octanol–water partition coefficient (Wildman–Crippen LogP) is 2.97. The van der Waals surface area contributed by atoms with Gasteiger partial charge >= 0.3 is 6.09 Å². The molecule has 0 aliphatic heterocycles. The molecular formula is C21H42IN5O3. The lowest BCUT2D eigenvalue weighted by molar-refractivity contribution is -0.138. The molecule has 1 fully saturated rings. The number of nitrogens with zero attached hydrogens (tertiary/aromatic N) is 2. The van der Waals surface area contributed by atoms with E-state index in [1.165, 1.54) is 0 Å². The number of ether oxygens (including phenoxy) is 1. The zero-order valence-corrected chi connectivity index (χ0v) is 22.3. The molecule has 9 heteroatoms. The first kappa shape index (κ1) is 28.7. The quantitative estimate of drug-likeness (QED) is 0.263. The molecule has 1 atom stereocenters. The van der Waals surface area contributed by atoms with E-state index in [-0.39, 0.29) is 47.3 Å². The summed E-state index contributed by atoms with van der Waals surface area (Å²) in [5.41, 5.74) is -0.904. The van der Waals surface area contributed by atoms with Gasteiger partial charge in [0.05, 0.1) is 11.5 Å². The highest BCUT2D eigenvalue weighted by atomic mass is 127. The zero-order chi connectivity index (χ0) is 22.2. The molecule has 0 radical (unpaired) electrons. The number of carbonyl (C=O) groups excluding carboxylic acids is 2. The Morgan fingerprint density at radius 2 is 1.70 bits per heavy atom. The number of guanidine groups is 1. The number of hydrogen-bond acceptors (Lipinski definition) is 4. The van der Waals surface area contributed by atoms with Crippen molar-refractivity contribution in [2.45, 2.75) is 71.9 Å². The number of aliphatic imine (C=N–C) groups is 1. The molecule has 176 valence electrons. The molecule has 1 unspecified atom stereocenters. The monoisotopic (exact) mass is 539 g/mol. The SMILES string of the molecule is CN=C(NCC(NC(=O)OC(C)(C)C)C(C)C)NCC1(C(=O)N(C)C)CCCC1.I. The van der Waals surface area contributed by atoms with Crippen LogP contribution in [0.2, 0.25) is 0 Å². The summed E-state index contributed by atoms with van der Waals surface area (Å²) in [5, 5.41) is 9.52. The lowest BCUT2D eigenvalue weighted by atomic mass is 9.84. The summed E-state index contributed by atoms with van der Waals surface area (Å²) in [6.45, 7) is 10.7. The van der Waals surface area contributed by atoms with Crippen molar-refractivity contribution in [2.75, 3.05) is 34.2 Å². The molecule has 1 aliphatic rings. The number of hydrogen-bond donors (Lipinski definition) is 3. The Morgan fingerprint density at radius 1 is 1.13 bits per heavy atom. The van der Waals surface area contributed by atoms with Crippen LogP contribution in [0.25, 0.3) is 0 Å². The maximum absolute atomic E-state index is 12.7. The van der Waals surface area contributed by atoms with Crippen LogP contribution in [0.1, 0.15) is 60.3 Å². The van der Waals surface area contributed by atoms with Crippen molar-refractivity contribution in [1.29, 1.82) is 0 Å². The van der Waals surface area contributed by atoms with Crippen LogP contribution >= 0.6 is 24.0 Å². The summed E-state index contributed by atoms with van der Waals surface area (Å²) < 4.78 is 5.36. The third-order valence-electron chi connectivity index (χ3n) is 5.23. The molecule has 8 nitrogen and oxygen atoms in total. The number of carbonyl (C=O) groups is 2. The van der Waals surface area contributed by atoms with Gasteiger partial charge in [0.2, 0.25) is 5.91 Å². The van der Waals surface area contributed by atoms with Gasteiger partial charge in [0.1, 0.15) is 5.60 Å². The molecule has 0 aromatic rings. The fourth-order valence-electron chi connectivity index (χ4n) is 3.58. The van der Waals surface area contributed by atoms with Gasteiger partial charge in [-0.05, 0) is 39.5 Å². The zero-order valence-electron chi connectivity index (χ0n) is 19.9. The third-order valence-corrected chi connectivity index (χ3v) is 5.23. The van der Waals surface area contributed by atoms with Gasteiger partial charge in [-0.1, -0.05) is 26.7 Å². The molecule has 3 N–H and O–H groups in total. The van der Waals surface area contributed by atoms with Crippen molar-refractivity contribution >= 4 is 41.9 Å². The van der Waals surface area contributed by atoms with Crippen molar-refractivity contribution in [3.05, 3.63) is 0 Å².